The van der Waals surface area contributed by atoms with Gasteiger partial charge in [-0.05, 0) is 32.2 Å². The van der Waals surface area contributed by atoms with E-state index in [-0.39, 0.29) is 11.3 Å². The third-order valence-corrected chi connectivity index (χ3v) is 4.98. The van der Waals surface area contributed by atoms with E-state index in [0.29, 0.717) is 6.04 Å². The summed E-state index contributed by atoms with van der Waals surface area (Å²) < 4.78 is 11.2. The van der Waals surface area contributed by atoms with Gasteiger partial charge >= 0.3 is 0 Å². The number of amidine groups is 1. The van der Waals surface area contributed by atoms with E-state index in [1.165, 1.54) is 0 Å². The highest BCUT2D eigenvalue weighted by atomic mass is 32.2. The van der Waals surface area contributed by atoms with Crippen LogP contribution >= 0.6 is 0 Å². The number of hydrogen-bond acceptors (Lipinski definition) is 4. The molecule has 0 saturated carbocycles. The molecule has 1 fully saturated rings. The molecular weight excluding hydrogens is 250 g/mol. The molecule has 0 radical (unpaired) electrons. The van der Waals surface area contributed by atoms with Crippen LogP contribution in [0, 0.1) is 5.41 Å². The zero-order chi connectivity index (χ0) is 13.6. The zero-order valence-electron chi connectivity index (χ0n) is 11.3. The van der Waals surface area contributed by atoms with Crippen LogP contribution in [0.5, 0.6) is 0 Å². The molecule has 0 aromatic rings. The van der Waals surface area contributed by atoms with Crippen molar-refractivity contribution in [3.63, 3.8) is 0 Å². The molecule has 5 nitrogen and oxygen atoms in total. The Balaban J connectivity index is 2.17. The predicted octanol–water partition coefficient (Wildman–Crippen LogP) is 1.04. The monoisotopic (exact) mass is 275 g/mol. The molecule has 0 amide bonds. The summed E-state index contributed by atoms with van der Waals surface area (Å²) in [7, 11) is -0.590. The van der Waals surface area contributed by atoms with Crippen LogP contribution < -0.4 is 11.1 Å². The lowest BCUT2D eigenvalue weighted by Gasteiger charge is -2.25. The van der Waals surface area contributed by atoms with Crippen molar-refractivity contribution in [3.8, 4) is 0 Å². The average Bonchev–Trinajstić information content (AvgIpc) is 2.35. The molecule has 6 heteroatoms. The Morgan fingerprint density at radius 2 is 2.11 bits per heavy atom. The summed E-state index contributed by atoms with van der Waals surface area (Å²) in [6.45, 7) is 4.89. The Morgan fingerprint density at radius 1 is 1.50 bits per heavy atom. The van der Waals surface area contributed by atoms with Gasteiger partial charge in [-0.25, -0.2) is 0 Å². The quantitative estimate of drug-likeness (QED) is 0.222. The molecule has 0 unspecified atom stereocenters. The van der Waals surface area contributed by atoms with Gasteiger partial charge in [-0.15, -0.1) is 0 Å². The molecular formula is C12H25N3O2S. The Kier molecular flexibility index (Phi) is 6.08. The fourth-order valence-electron chi connectivity index (χ4n) is 2.10. The van der Waals surface area contributed by atoms with Gasteiger partial charge in [-0.3, -0.25) is 4.21 Å². The minimum atomic E-state index is -0.590. The first-order valence-electron chi connectivity index (χ1n) is 6.52. The molecule has 0 aliphatic carbocycles. The summed E-state index contributed by atoms with van der Waals surface area (Å²) in [6.07, 6.45) is 3.89. The minimum Gasteiger partial charge on any atom is -0.409 e. The van der Waals surface area contributed by atoms with E-state index >= 15 is 0 Å². The van der Waals surface area contributed by atoms with Crippen molar-refractivity contribution in [1.82, 2.24) is 5.32 Å². The lowest BCUT2D eigenvalue weighted by atomic mass is 9.86. The molecule has 0 bridgehead atoms. The van der Waals surface area contributed by atoms with Gasteiger partial charge in [0.15, 0.2) is 0 Å². The number of oxime groups is 1. The van der Waals surface area contributed by atoms with Gasteiger partial charge < -0.3 is 16.3 Å². The van der Waals surface area contributed by atoms with E-state index in [1.807, 2.05) is 13.8 Å². The fourth-order valence-corrected chi connectivity index (χ4v) is 3.40. The molecule has 0 aromatic carbocycles. The van der Waals surface area contributed by atoms with Crippen molar-refractivity contribution in [3.05, 3.63) is 0 Å². The SMILES string of the molecule is CC(C)(CCCNC1CCS(=O)CC1)C(N)=NO. The maximum Gasteiger partial charge on any atom is 0.144 e. The average molecular weight is 275 g/mol. The van der Waals surface area contributed by atoms with Crippen molar-refractivity contribution in [1.29, 1.82) is 0 Å². The first-order chi connectivity index (χ1) is 8.45. The second kappa shape index (κ2) is 7.09. The summed E-state index contributed by atoms with van der Waals surface area (Å²) >= 11 is 0. The van der Waals surface area contributed by atoms with E-state index in [2.05, 4.69) is 10.5 Å². The second-order valence-electron chi connectivity index (χ2n) is 5.55. The van der Waals surface area contributed by atoms with E-state index < -0.39 is 10.8 Å². The van der Waals surface area contributed by atoms with Crippen LogP contribution in [0.2, 0.25) is 0 Å². The van der Waals surface area contributed by atoms with Crippen LogP contribution in [0.15, 0.2) is 5.16 Å². The number of nitrogens with zero attached hydrogens (tertiary/aromatic N) is 1. The highest BCUT2D eigenvalue weighted by Gasteiger charge is 2.23. The van der Waals surface area contributed by atoms with Gasteiger partial charge in [0.2, 0.25) is 0 Å². The molecule has 1 rings (SSSR count). The number of nitrogens with two attached hydrogens (primary N) is 1. The molecule has 1 aliphatic heterocycles. The van der Waals surface area contributed by atoms with Gasteiger partial charge in [0.1, 0.15) is 5.84 Å². The Morgan fingerprint density at radius 3 is 2.67 bits per heavy atom. The maximum atomic E-state index is 11.2. The maximum absolute atomic E-state index is 11.2. The summed E-state index contributed by atoms with van der Waals surface area (Å²) in [5.41, 5.74) is 5.38. The van der Waals surface area contributed by atoms with E-state index in [0.717, 1.165) is 43.7 Å². The van der Waals surface area contributed by atoms with Crippen LogP contribution in [-0.2, 0) is 10.8 Å². The minimum absolute atomic E-state index is 0.259. The molecule has 0 aromatic heterocycles. The predicted molar refractivity (Wildman–Crippen MR) is 75.3 cm³/mol. The molecule has 1 aliphatic rings. The van der Waals surface area contributed by atoms with Crippen molar-refractivity contribution < 1.29 is 9.42 Å². The molecule has 0 spiro atoms. The van der Waals surface area contributed by atoms with Crippen molar-refractivity contribution in [2.24, 2.45) is 16.3 Å². The summed E-state index contributed by atoms with van der Waals surface area (Å²) in [4.78, 5) is 0. The normalized spacial score (nSPS) is 26.2. The highest BCUT2D eigenvalue weighted by molar-refractivity contribution is 7.85. The largest absolute Gasteiger partial charge is 0.409 e. The van der Waals surface area contributed by atoms with Crippen LogP contribution in [0.3, 0.4) is 0 Å². The highest BCUT2D eigenvalue weighted by Crippen LogP contribution is 2.22. The summed E-state index contributed by atoms with van der Waals surface area (Å²) in [5.74, 6) is 1.94. The van der Waals surface area contributed by atoms with Gasteiger partial charge in [-0.2, -0.15) is 0 Å². The molecule has 1 saturated heterocycles. The van der Waals surface area contributed by atoms with Crippen LogP contribution in [0.4, 0.5) is 0 Å². The topological polar surface area (TPSA) is 87.7 Å². The van der Waals surface area contributed by atoms with Crippen LogP contribution in [0.25, 0.3) is 0 Å². The van der Waals surface area contributed by atoms with Gasteiger partial charge in [0.05, 0.1) is 0 Å². The third-order valence-electron chi connectivity index (χ3n) is 3.60. The number of rotatable bonds is 6. The lowest BCUT2D eigenvalue weighted by Crippen LogP contribution is -2.37. The van der Waals surface area contributed by atoms with Crippen LogP contribution in [0.1, 0.15) is 39.5 Å². The van der Waals surface area contributed by atoms with E-state index in [9.17, 15) is 4.21 Å². The molecule has 106 valence electrons. The molecule has 1 heterocycles. The smallest absolute Gasteiger partial charge is 0.144 e. The lowest BCUT2D eigenvalue weighted by molar-refractivity contribution is 0.304. The standard InChI is InChI=1S/C12H25N3O2S/c1-12(2,11(13)15-16)6-3-7-14-10-4-8-18(17)9-5-10/h10,14,16H,3-9H2,1-2H3,(H2,13,15). The van der Waals surface area contributed by atoms with Gasteiger partial charge in [0, 0.05) is 33.8 Å². The third kappa shape index (κ3) is 4.94. The van der Waals surface area contributed by atoms with Gasteiger partial charge in [0.25, 0.3) is 0 Å². The first-order valence-corrected chi connectivity index (χ1v) is 8.01. The fraction of sp³-hybridized carbons (Fsp3) is 0.917. The van der Waals surface area contributed by atoms with Crippen molar-refractivity contribution >= 4 is 16.6 Å². The second-order valence-corrected chi connectivity index (χ2v) is 7.25. The molecule has 4 N–H and O–H groups in total. The summed E-state index contributed by atoms with van der Waals surface area (Å²) in [6, 6.07) is 0.509. The number of hydrogen-bond donors (Lipinski definition) is 3. The number of nitrogens with one attached hydrogen (secondary N) is 1. The van der Waals surface area contributed by atoms with Crippen molar-refractivity contribution in [2.45, 2.75) is 45.6 Å². The van der Waals surface area contributed by atoms with E-state index in [4.69, 9.17) is 10.9 Å². The summed E-state index contributed by atoms with van der Waals surface area (Å²) in [5, 5.41) is 15.2. The Bertz CT molecular complexity index is 308. The Hall–Kier alpha value is -0.620. The van der Waals surface area contributed by atoms with Crippen molar-refractivity contribution in [2.75, 3.05) is 18.1 Å². The van der Waals surface area contributed by atoms with Gasteiger partial charge in [-0.1, -0.05) is 19.0 Å². The van der Waals surface area contributed by atoms with E-state index in [1.54, 1.807) is 0 Å². The zero-order valence-corrected chi connectivity index (χ0v) is 12.1. The molecule has 0 atom stereocenters. The Labute approximate surface area is 112 Å². The molecule has 18 heavy (non-hydrogen) atoms. The first kappa shape index (κ1) is 15.4. The van der Waals surface area contributed by atoms with Crippen LogP contribution in [-0.4, -0.2) is 39.3 Å².